The van der Waals surface area contributed by atoms with Gasteiger partial charge in [-0.1, -0.05) is 40.0 Å². The van der Waals surface area contributed by atoms with E-state index in [1.807, 2.05) is 0 Å². The number of hydrogen-bond donors (Lipinski definition) is 0. The molecule has 0 aromatic heterocycles. The Kier molecular flexibility index (Phi) is 7.12. The Morgan fingerprint density at radius 3 is 2.25 bits per heavy atom. The van der Waals surface area contributed by atoms with Gasteiger partial charge in [-0.15, -0.1) is 0 Å². The van der Waals surface area contributed by atoms with Gasteiger partial charge in [-0.25, -0.2) is 0 Å². The summed E-state index contributed by atoms with van der Waals surface area (Å²) in [5.41, 5.74) is 0. The first-order chi connectivity index (χ1) is 5.74. The number of aldehydes is 1. The Bertz CT molecular complexity index is 110. The van der Waals surface area contributed by atoms with Gasteiger partial charge in [0, 0.05) is 5.92 Å². The van der Waals surface area contributed by atoms with Crippen molar-refractivity contribution >= 4 is 6.29 Å². The smallest absolute Gasteiger partial charge is 0.123 e. The minimum absolute atomic E-state index is 0.323. The lowest BCUT2D eigenvalue weighted by atomic mass is 9.93. The largest absolute Gasteiger partial charge is 0.303 e. The summed E-state index contributed by atoms with van der Waals surface area (Å²) in [4.78, 5) is 10.6. The van der Waals surface area contributed by atoms with Gasteiger partial charge in [-0.3, -0.25) is 0 Å². The minimum Gasteiger partial charge on any atom is -0.303 e. The van der Waals surface area contributed by atoms with E-state index >= 15 is 0 Å². The fourth-order valence-corrected chi connectivity index (χ4v) is 1.35. The minimum atomic E-state index is 0.323. The first-order valence-electron chi connectivity index (χ1n) is 5.19. The predicted octanol–water partition coefficient (Wildman–Crippen LogP) is 3.43. The molecule has 0 aliphatic carbocycles. The van der Waals surface area contributed by atoms with Gasteiger partial charge < -0.3 is 4.79 Å². The summed E-state index contributed by atoms with van der Waals surface area (Å²) >= 11 is 0. The predicted molar refractivity (Wildman–Crippen MR) is 53.2 cm³/mol. The Labute approximate surface area is 76.6 Å². The molecule has 0 aliphatic rings. The molecule has 0 fully saturated rings. The second kappa shape index (κ2) is 7.33. The van der Waals surface area contributed by atoms with Gasteiger partial charge in [-0.2, -0.15) is 0 Å². The van der Waals surface area contributed by atoms with Gasteiger partial charge in [0.05, 0.1) is 0 Å². The molecule has 0 amide bonds. The van der Waals surface area contributed by atoms with Crippen molar-refractivity contribution in [2.75, 3.05) is 0 Å². The summed E-state index contributed by atoms with van der Waals surface area (Å²) < 4.78 is 0. The summed E-state index contributed by atoms with van der Waals surface area (Å²) in [7, 11) is 0. The monoisotopic (exact) mass is 170 g/mol. The van der Waals surface area contributed by atoms with Crippen LogP contribution in [0, 0.1) is 11.8 Å². The highest BCUT2D eigenvalue weighted by Gasteiger charge is 2.07. The van der Waals surface area contributed by atoms with Gasteiger partial charge in [0.25, 0.3) is 0 Å². The Morgan fingerprint density at radius 2 is 1.83 bits per heavy atom. The van der Waals surface area contributed by atoms with Crippen LogP contribution in [-0.2, 0) is 4.79 Å². The van der Waals surface area contributed by atoms with Gasteiger partial charge in [-0.05, 0) is 18.8 Å². The average molecular weight is 170 g/mol. The molecule has 0 aromatic rings. The highest BCUT2D eigenvalue weighted by molar-refractivity contribution is 5.53. The third-order valence-electron chi connectivity index (χ3n) is 2.58. The van der Waals surface area contributed by atoms with E-state index in [1.54, 1.807) is 0 Å². The Morgan fingerprint density at radius 1 is 1.17 bits per heavy atom. The zero-order chi connectivity index (χ0) is 9.40. The first-order valence-corrected chi connectivity index (χ1v) is 5.19. The van der Waals surface area contributed by atoms with Crippen molar-refractivity contribution in [2.24, 2.45) is 11.8 Å². The maximum Gasteiger partial charge on any atom is 0.123 e. The van der Waals surface area contributed by atoms with E-state index in [0.29, 0.717) is 5.92 Å². The van der Waals surface area contributed by atoms with Gasteiger partial charge >= 0.3 is 0 Å². The molecule has 0 rings (SSSR count). The molecular weight excluding hydrogens is 148 g/mol. The molecule has 0 N–H and O–H groups in total. The van der Waals surface area contributed by atoms with E-state index in [9.17, 15) is 4.79 Å². The third-order valence-corrected chi connectivity index (χ3v) is 2.58. The summed E-state index contributed by atoms with van der Waals surface area (Å²) in [6.45, 7) is 6.61. The van der Waals surface area contributed by atoms with Crippen LogP contribution in [0.4, 0.5) is 0 Å². The highest BCUT2D eigenvalue weighted by atomic mass is 16.1. The van der Waals surface area contributed by atoms with Crippen molar-refractivity contribution in [3.05, 3.63) is 0 Å². The number of carbonyl (C=O) groups excluding carboxylic acids is 1. The fraction of sp³-hybridized carbons (Fsp3) is 0.909. The molecule has 0 radical (unpaired) electrons. The van der Waals surface area contributed by atoms with E-state index in [1.165, 1.54) is 12.8 Å². The topological polar surface area (TPSA) is 17.1 Å². The van der Waals surface area contributed by atoms with E-state index in [-0.39, 0.29) is 0 Å². The average Bonchev–Trinajstić information content (AvgIpc) is 2.11. The lowest BCUT2D eigenvalue weighted by Crippen LogP contribution is -2.04. The standard InChI is InChI=1S/C11H22O/c1-4-6-11(9-12)8-7-10(3)5-2/h9-11H,4-8H2,1-3H3/t10-,11?/m1/s1. The molecule has 2 atom stereocenters. The molecule has 1 heteroatoms. The van der Waals surface area contributed by atoms with Crippen LogP contribution < -0.4 is 0 Å². The maximum atomic E-state index is 10.6. The highest BCUT2D eigenvalue weighted by Crippen LogP contribution is 2.16. The van der Waals surface area contributed by atoms with Crippen LogP contribution in [-0.4, -0.2) is 6.29 Å². The SMILES string of the molecule is CCCC(C=O)CC[C@H](C)CC. The van der Waals surface area contributed by atoms with Crippen molar-refractivity contribution in [1.29, 1.82) is 0 Å². The van der Waals surface area contributed by atoms with Crippen molar-refractivity contribution < 1.29 is 4.79 Å². The molecule has 0 saturated heterocycles. The van der Waals surface area contributed by atoms with Gasteiger partial charge in [0.2, 0.25) is 0 Å². The Balaban J connectivity index is 3.49. The van der Waals surface area contributed by atoms with E-state index < -0.39 is 0 Å². The molecule has 0 bridgehead atoms. The van der Waals surface area contributed by atoms with Crippen LogP contribution in [0.3, 0.4) is 0 Å². The second-order valence-electron chi connectivity index (χ2n) is 3.78. The van der Waals surface area contributed by atoms with Crippen LogP contribution in [0.1, 0.15) is 52.9 Å². The van der Waals surface area contributed by atoms with Gasteiger partial charge in [0.1, 0.15) is 6.29 Å². The second-order valence-corrected chi connectivity index (χ2v) is 3.78. The third kappa shape index (κ3) is 5.34. The quantitative estimate of drug-likeness (QED) is 0.535. The molecule has 1 unspecified atom stereocenters. The molecule has 0 spiro atoms. The van der Waals surface area contributed by atoms with Crippen molar-refractivity contribution in [1.82, 2.24) is 0 Å². The first kappa shape index (κ1) is 11.7. The summed E-state index contributed by atoms with van der Waals surface area (Å²) in [5.74, 6) is 1.10. The van der Waals surface area contributed by atoms with Crippen LogP contribution in [0.5, 0.6) is 0 Å². The zero-order valence-corrected chi connectivity index (χ0v) is 8.68. The van der Waals surface area contributed by atoms with Gasteiger partial charge in [0.15, 0.2) is 0 Å². The number of rotatable bonds is 7. The number of carbonyl (C=O) groups is 1. The lowest BCUT2D eigenvalue weighted by molar-refractivity contribution is -0.111. The van der Waals surface area contributed by atoms with E-state index in [0.717, 1.165) is 31.5 Å². The maximum absolute atomic E-state index is 10.6. The molecule has 1 nitrogen and oxygen atoms in total. The Hall–Kier alpha value is -0.330. The summed E-state index contributed by atoms with van der Waals surface area (Å²) in [6, 6.07) is 0. The molecule has 72 valence electrons. The normalized spacial score (nSPS) is 15.6. The van der Waals surface area contributed by atoms with Crippen LogP contribution in [0.15, 0.2) is 0 Å². The molecular formula is C11H22O. The molecule has 0 aromatic carbocycles. The van der Waals surface area contributed by atoms with Crippen LogP contribution >= 0.6 is 0 Å². The molecule has 0 aliphatic heterocycles. The molecule has 0 heterocycles. The molecule has 12 heavy (non-hydrogen) atoms. The lowest BCUT2D eigenvalue weighted by Gasteiger charge is -2.11. The zero-order valence-electron chi connectivity index (χ0n) is 8.68. The molecule has 0 saturated carbocycles. The summed E-state index contributed by atoms with van der Waals surface area (Å²) in [5, 5.41) is 0. The van der Waals surface area contributed by atoms with Crippen LogP contribution in [0.2, 0.25) is 0 Å². The van der Waals surface area contributed by atoms with E-state index in [4.69, 9.17) is 0 Å². The van der Waals surface area contributed by atoms with E-state index in [2.05, 4.69) is 20.8 Å². The van der Waals surface area contributed by atoms with Crippen molar-refractivity contribution in [3.63, 3.8) is 0 Å². The number of hydrogen-bond acceptors (Lipinski definition) is 1. The summed E-state index contributed by atoms with van der Waals surface area (Å²) in [6.07, 6.45) is 6.86. The van der Waals surface area contributed by atoms with Crippen molar-refractivity contribution in [3.8, 4) is 0 Å². The fourth-order valence-electron chi connectivity index (χ4n) is 1.35. The van der Waals surface area contributed by atoms with Crippen molar-refractivity contribution in [2.45, 2.75) is 52.9 Å². The van der Waals surface area contributed by atoms with Crippen LogP contribution in [0.25, 0.3) is 0 Å².